The highest BCUT2D eigenvalue weighted by Gasteiger charge is 2.29. The van der Waals surface area contributed by atoms with Gasteiger partial charge in [-0.3, -0.25) is 9.47 Å². The van der Waals surface area contributed by atoms with Crippen molar-refractivity contribution in [3.8, 4) is 16.9 Å². The van der Waals surface area contributed by atoms with Gasteiger partial charge in [-0.1, -0.05) is 0 Å². The smallest absolute Gasteiger partial charge is 0.165 e. The molecule has 0 saturated carbocycles. The molecule has 0 unspecified atom stereocenters. The first-order valence-electron chi connectivity index (χ1n) is 11.5. The molecule has 2 saturated heterocycles. The second kappa shape index (κ2) is 8.34. The van der Waals surface area contributed by atoms with Crippen LogP contribution in [0.1, 0.15) is 5.82 Å². The number of pyridine rings is 2. The van der Waals surface area contributed by atoms with E-state index in [0.29, 0.717) is 28.9 Å². The van der Waals surface area contributed by atoms with Crippen LogP contribution < -0.4 is 10.6 Å². The summed E-state index contributed by atoms with van der Waals surface area (Å²) in [5.74, 6) is 0.943. The Labute approximate surface area is 196 Å². The lowest BCUT2D eigenvalue weighted by Crippen LogP contribution is -2.56. The summed E-state index contributed by atoms with van der Waals surface area (Å²) in [7, 11) is 0. The first-order chi connectivity index (χ1) is 16.6. The average molecular weight is 460 g/mol. The van der Waals surface area contributed by atoms with E-state index < -0.39 is 0 Å². The molecule has 9 heteroatoms. The highest BCUT2D eigenvalue weighted by Crippen LogP contribution is 2.28. The zero-order valence-corrected chi connectivity index (χ0v) is 19.0. The van der Waals surface area contributed by atoms with Gasteiger partial charge in [0.1, 0.15) is 23.0 Å². The standard InChI is InChI=1S/C25H26FN7O/c1-16-29-22-4-3-21(17-6-7-28-24(27)12-17)30-25(22)33(16)18-2-5-23(20(26)13-18)32-10-8-31(9-11-32)19-14-34-15-19/h2-7,12-13,19H,8-11,14-15H2,1H3,(H2,27,28). The fourth-order valence-corrected chi connectivity index (χ4v) is 4.80. The van der Waals surface area contributed by atoms with E-state index in [1.54, 1.807) is 18.3 Å². The molecule has 0 aliphatic carbocycles. The lowest BCUT2D eigenvalue weighted by molar-refractivity contribution is -0.0660. The molecule has 0 amide bonds. The Morgan fingerprint density at radius 1 is 1.00 bits per heavy atom. The third-order valence-electron chi connectivity index (χ3n) is 6.73. The first kappa shape index (κ1) is 21.0. The number of benzene rings is 1. The van der Waals surface area contributed by atoms with Crippen LogP contribution in [-0.4, -0.2) is 69.9 Å². The van der Waals surface area contributed by atoms with Crippen LogP contribution in [-0.2, 0) is 4.74 Å². The molecule has 0 spiro atoms. The van der Waals surface area contributed by atoms with E-state index in [4.69, 9.17) is 15.5 Å². The maximum absolute atomic E-state index is 15.3. The van der Waals surface area contributed by atoms with Gasteiger partial charge in [-0.05, 0) is 43.3 Å². The number of nitrogens with two attached hydrogens (primary N) is 1. The van der Waals surface area contributed by atoms with Crippen molar-refractivity contribution >= 4 is 22.7 Å². The van der Waals surface area contributed by atoms with Crippen LogP contribution >= 0.6 is 0 Å². The number of rotatable bonds is 4. The van der Waals surface area contributed by atoms with Crippen molar-refractivity contribution in [3.05, 3.63) is 60.3 Å². The van der Waals surface area contributed by atoms with Gasteiger partial charge in [0.25, 0.3) is 0 Å². The van der Waals surface area contributed by atoms with Crippen molar-refractivity contribution in [3.63, 3.8) is 0 Å². The number of aryl methyl sites for hydroxylation is 1. The lowest BCUT2D eigenvalue weighted by Gasteiger charge is -2.43. The Bertz CT molecular complexity index is 1360. The molecule has 0 atom stereocenters. The van der Waals surface area contributed by atoms with Crippen molar-refractivity contribution in [2.45, 2.75) is 13.0 Å². The summed E-state index contributed by atoms with van der Waals surface area (Å²) >= 11 is 0. The minimum absolute atomic E-state index is 0.239. The molecule has 8 nitrogen and oxygen atoms in total. The van der Waals surface area contributed by atoms with Crippen LogP contribution in [0.25, 0.3) is 28.1 Å². The summed E-state index contributed by atoms with van der Waals surface area (Å²) in [4.78, 5) is 18.1. The Morgan fingerprint density at radius 3 is 2.53 bits per heavy atom. The summed E-state index contributed by atoms with van der Waals surface area (Å²) in [6, 6.07) is 13.4. The molecule has 0 bridgehead atoms. The van der Waals surface area contributed by atoms with Crippen molar-refractivity contribution < 1.29 is 9.13 Å². The van der Waals surface area contributed by atoms with Gasteiger partial charge in [0.05, 0.1) is 36.3 Å². The molecule has 2 fully saturated rings. The number of piperazine rings is 1. The number of nitrogen functional groups attached to an aromatic ring is 1. The maximum Gasteiger partial charge on any atom is 0.165 e. The number of imidazole rings is 1. The van der Waals surface area contributed by atoms with E-state index in [0.717, 1.165) is 62.0 Å². The number of halogens is 1. The third-order valence-corrected chi connectivity index (χ3v) is 6.73. The fraction of sp³-hybridized carbons (Fsp3) is 0.320. The average Bonchev–Trinajstić information content (AvgIpc) is 3.13. The largest absolute Gasteiger partial charge is 0.384 e. The minimum atomic E-state index is -0.239. The first-order valence-corrected chi connectivity index (χ1v) is 11.5. The van der Waals surface area contributed by atoms with E-state index in [-0.39, 0.29) is 5.82 Å². The van der Waals surface area contributed by atoms with Crippen LogP contribution in [0.5, 0.6) is 0 Å². The van der Waals surface area contributed by atoms with Gasteiger partial charge >= 0.3 is 0 Å². The third kappa shape index (κ3) is 3.66. The van der Waals surface area contributed by atoms with E-state index in [9.17, 15) is 0 Å². The SMILES string of the molecule is Cc1nc2ccc(-c3ccnc(N)c3)nc2n1-c1ccc(N2CCN(C3COC3)CC2)c(F)c1. The van der Waals surface area contributed by atoms with Crippen LogP contribution in [0.15, 0.2) is 48.7 Å². The molecule has 2 aliphatic heterocycles. The molecule has 174 valence electrons. The fourth-order valence-electron chi connectivity index (χ4n) is 4.80. The Kier molecular flexibility index (Phi) is 5.15. The van der Waals surface area contributed by atoms with Gasteiger partial charge in [0.2, 0.25) is 0 Å². The number of hydrogen-bond acceptors (Lipinski definition) is 7. The van der Waals surface area contributed by atoms with Crippen LogP contribution in [0.3, 0.4) is 0 Å². The van der Waals surface area contributed by atoms with Gasteiger partial charge < -0.3 is 15.4 Å². The predicted molar refractivity (Wildman–Crippen MR) is 130 cm³/mol. The topological polar surface area (TPSA) is 85.3 Å². The lowest BCUT2D eigenvalue weighted by atomic mass is 10.1. The van der Waals surface area contributed by atoms with Gasteiger partial charge in [0, 0.05) is 44.0 Å². The quantitative estimate of drug-likeness (QED) is 0.502. The molecule has 2 aliphatic rings. The number of aromatic nitrogens is 4. The molecule has 3 aromatic heterocycles. The summed E-state index contributed by atoms with van der Waals surface area (Å²) in [6.07, 6.45) is 1.66. The minimum Gasteiger partial charge on any atom is -0.384 e. The van der Waals surface area contributed by atoms with Crippen molar-refractivity contribution in [2.24, 2.45) is 0 Å². The Morgan fingerprint density at radius 2 is 1.82 bits per heavy atom. The zero-order valence-electron chi connectivity index (χ0n) is 19.0. The van der Waals surface area contributed by atoms with Gasteiger partial charge in [-0.15, -0.1) is 0 Å². The van der Waals surface area contributed by atoms with Crippen LogP contribution in [0.2, 0.25) is 0 Å². The van der Waals surface area contributed by atoms with Crippen molar-refractivity contribution in [2.75, 3.05) is 50.0 Å². The molecule has 0 radical (unpaired) electrons. The zero-order chi connectivity index (χ0) is 23.2. The molecular formula is C25H26FN7O. The normalized spacial score (nSPS) is 17.3. The number of nitrogens with zero attached hydrogens (tertiary/aromatic N) is 6. The van der Waals surface area contributed by atoms with Crippen molar-refractivity contribution in [1.29, 1.82) is 0 Å². The number of hydrogen-bond donors (Lipinski definition) is 1. The number of fused-ring (bicyclic) bond motifs is 1. The van der Waals surface area contributed by atoms with Crippen LogP contribution in [0, 0.1) is 12.7 Å². The van der Waals surface area contributed by atoms with E-state index in [1.165, 1.54) is 0 Å². The van der Waals surface area contributed by atoms with E-state index >= 15 is 4.39 Å². The molecule has 5 heterocycles. The predicted octanol–water partition coefficient (Wildman–Crippen LogP) is 3.03. The second-order valence-corrected chi connectivity index (χ2v) is 8.85. The summed E-state index contributed by atoms with van der Waals surface area (Å²) < 4.78 is 22.5. The molecule has 6 rings (SSSR count). The number of anilines is 2. The summed E-state index contributed by atoms with van der Waals surface area (Å²) in [5, 5.41) is 0. The molecule has 34 heavy (non-hydrogen) atoms. The molecule has 4 aromatic rings. The number of ether oxygens (including phenoxy) is 1. The highest BCUT2D eigenvalue weighted by molar-refractivity contribution is 5.78. The maximum atomic E-state index is 15.3. The Hall–Kier alpha value is -3.56. The molecular weight excluding hydrogens is 433 g/mol. The van der Waals surface area contributed by atoms with E-state index in [2.05, 4.69) is 19.8 Å². The monoisotopic (exact) mass is 459 g/mol. The van der Waals surface area contributed by atoms with Gasteiger partial charge in [0.15, 0.2) is 5.65 Å². The molecule has 1 aromatic carbocycles. The molecule has 2 N–H and O–H groups in total. The van der Waals surface area contributed by atoms with Crippen LogP contribution in [0.4, 0.5) is 15.9 Å². The van der Waals surface area contributed by atoms with Gasteiger partial charge in [-0.25, -0.2) is 19.3 Å². The second-order valence-electron chi connectivity index (χ2n) is 8.85. The highest BCUT2D eigenvalue weighted by atomic mass is 19.1. The summed E-state index contributed by atoms with van der Waals surface area (Å²) in [6.45, 7) is 6.98. The van der Waals surface area contributed by atoms with Crippen molar-refractivity contribution in [1.82, 2.24) is 24.4 Å². The Balaban J connectivity index is 1.31. The van der Waals surface area contributed by atoms with E-state index in [1.807, 2.05) is 41.8 Å². The van der Waals surface area contributed by atoms with Gasteiger partial charge in [-0.2, -0.15) is 0 Å². The summed E-state index contributed by atoms with van der Waals surface area (Å²) in [5.41, 5.74) is 10.2.